The predicted molar refractivity (Wildman–Crippen MR) is 72.5 cm³/mol. The van der Waals surface area contributed by atoms with Crippen LogP contribution in [0, 0.1) is 0 Å². The maximum Gasteiger partial charge on any atom is 0.262 e. The van der Waals surface area contributed by atoms with E-state index in [1.54, 1.807) is 27.1 Å². The van der Waals surface area contributed by atoms with E-state index in [1.165, 1.54) is 4.90 Å². The quantitative estimate of drug-likeness (QED) is 0.836. The molecule has 1 unspecified atom stereocenters. The molecule has 0 heterocycles. The van der Waals surface area contributed by atoms with E-state index < -0.39 is 6.10 Å². The molecule has 1 aromatic carbocycles. The number of hydrogen-bond acceptors (Lipinski definition) is 3. The average Bonchev–Trinajstić information content (AvgIpc) is 2.38. The summed E-state index contributed by atoms with van der Waals surface area (Å²) in [5.74, 6) is 0.652. The molecule has 0 fully saturated rings. The van der Waals surface area contributed by atoms with Crippen molar-refractivity contribution in [2.24, 2.45) is 0 Å². The Balaban J connectivity index is 2.16. The molecule has 4 nitrogen and oxygen atoms in total. The molecule has 4 heteroatoms. The first-order valence-electron chi connectivity index (χ1n) is 6.53. The fraction of sp³-hybridized carbons (Fsp3) is 0.467. The van der Waals surface area contributed by atoms with Crippen LogP contribution in [0.4, 0.5) is 0 Å². The van der Waals surface area contributed by atoms with Crippen LogP contribution < -0.4 is 4.74 Å². The molecule has 1 aliphatic rings. The molecule has 2 rings (SSSR count). The highest BCUT2D eigenvalue weighted by Crippen LogP contribution is 2.26. The van der Waals surface area contributed by atoms with Crippen LogP contribution in [0.25, 0.3) is 0 Å². The van der Waals surface area contributed by atoms with Crippen LogP contribution in [-0.4, -0.2) is 36.8 Å². The lowest BCUT2D eigenvalue weighted by atomic mass is 9.90. The number of ether oxygens (including phenoxy) is 1. The molecular weight excluding hydrogens is 242 g/mol. The van der Waals surface area contributed by atoms with E-state index in [1.807, 2.05) is 12.1 Å². The molecule has 0 saturated carbocycles. The molecule has 19 heavy (non-hydrogen) atoms. The van der Waals surface area contributed by atoms with Crippen LogP contribution in [0.1, 0.15) is 35.7 Å². The Kier molecular flexibility index (Phi) is 3.88. The summed E-state index contributed by atoms with van der Waals surface area (Å²) in [4.78, 5) is 25.1. The van der Waals surface area contributed by atoms with E-state index in [2.05, 4.69) is 0 Å². The van der Waals surface area contributed by atoms with Gasteiger partial charge in [0.05, 0.1) is 0 Å². The van der Waals surface area contributed by atoms with Crippen molar-refractivity contribution in [1.82, 2.24) is 4.90 Å². The molecule has 1 aliphatic carbocycles. The van der Waals surface area contributed by atoms with E-state index in [4.69, 9.17) is 4.74 Å². The van der Waals surface area contributed by atoms with E-state index in [0.29, 0.717) is 12.2 Å². The van der Waals surface area contributed by atoms with E-state index in [-0.39, 0.29) is 11.7 Å². The van der Waals surface area contributed by atoms with Crippen molar-refractivity contribution in [1.29, 1.82) is 0 Å². The van der Waals surface area contributed by atoms with Gasteiger partial charge in [0, 0.05) is 26.1 Å². The molecule has 0 aliphatic heterocycles. The summed E-state index contributed by atoms with van der Waals surface area (Å²) in [5.41, 5.74) is 1.82. The van der Waals surface area contributed by atoms with Crippen LogP contribution in [0.5, 0.6) is 5.75 Å². The van der Waals surface area contributed by atoms with Gasteiger partial charge in [-0.3, -0.25) is 9.59 Å². The number of Topliss-reactive ketones (excluding diaryl/α,β-unsaturated/α-hetero) is 1. The molecule has 1 amide bonds. The number of hydrogen-bond donors (Lipinski definition) is 0. The number of rotatable bonds is 3. The van der Waals surface area contributed by atoms with Gasteiger partial charge in [0.15, 0.2) is 11.9 Å². The monoisotopic (exact) mass is 261 g/mol. The maximum atomic E-state index is 11.8. The Morgan fingerprint density at radius 3 is 2.74 bits per heavy atom. The highest BCUT2D eigenvalue weighted by Gasteiger charge is 2.20. The van der Waals surface area contributed by atoms with Gasteiger partial charge in [0.2, 0.25) is 0 Å². The summed E-state index contributed by atoms with van der Waals surface area (Å²) >= 11 is 0. The third-order valence-corrected chi connectivity index (χ3v) is 3.33. The van der Waals surface area contributed by atoms with Gasteiger partial charge in [-0.1, -0.05) is 6.07 Å². The first-order chi connectivity index (χ1) is 8.99. The Morgan fingerprint density at radius 2 is 2.05 bits per heavy atom. The van der Waals surface area contributed by atoms with Gasteiger partial charge >= 0.3 is 0 Å². The third kappa shape index (κ3) is 2.95. The summed E-state index contributed by atoms with van der Waals surface area (Å²) in [5, 5.41) is 0. The normalized spacial score (nSPS) is 15.6. The molecule has 102 valence electrons. The minimum Gasteiger partial charge on any atom is -0.481 e. The fourth-order valence-electron chi connectivity index (χ4n) is 2.30. The first kappa shape index (κ1) is 13.6. The zero-order valence-corrected chi connectivity index (χ0v) is 11.6. The predicted octanol–water partition coefficient (Wildman–Crippen LogP) is 2.06. The Labute approximate surface area is 113 Å². The molecule has 0 bridgehead atoms. The average molecular weight is 261 g/mol. The van der Waals surface area contributed by atoms with Gasteiger partial charge in [0.25, 0.3) is 5.91 Å². The number of amides is 1. The summed E-state index contributed by atoms with van der Waals surface area (Å²) in [7, 11) is 3.39. The number of ketones is 1. The van der Waals surface area contributed by atoms with Crippen molar-refractivity contribution in [2.45, 2.75) is 32.3 Å². The molecule has 1 atom stereocenters. The lowest BCUT2D eigenvalue weighted by Gasteiger charge is -2.20. The van der Waals surface area contributed by atoms with E-state index in [9.17, 15) is 9.59 Å². The van der Waals surface area contributed by atoms with Gasteiger partial charge in [0.1, 0.15) is 5.75 Å². The van der Waals surface area contributed by atoms with Crippen LogP contribution in [0.3, 0.4) is 0 Å². The number of fused-ring (bicyclic) bond motifs is 1. The molecular formula is C15H19NO3. The van der Waals surface area contributed by atoms with Gasteiger partial charge in [-0.2, -0.15) is 0 Å². The minimum absolute atomic E-state index is 0.0935. The smallest absolute Gasteiger partial charge is 0.262 e. The van der Waals surface area contributed by atoms with Gasteiger partial charge in [-0.25, -0.2) is 0 Å². The molecule has 1 aromatic rings. The Morgan fingerprint density at radius 1 is 1.32 bits per heavy atom. The number of likely N-dealkylation sites (N-methyl/N-ethyl adjacent to an activating group) is 1. The molecule has 0 spiro atoms. The highest BCUT2D eigenvalue weighted by molar-refractivity contribution is 5.98. The Bertz CT molecular complexity index is 508. The number of carbonyl (C=O) groups excluding carboxylic acids is 2. The van der Waals surface area contributed by atoms with E-state index >= 15 is 0 Å². The van der Waals surface area contributed by atoms with Crippen LogP contribution in [-0.2, 0) is 11.2 Å². The maximum absolute atomic E-state index is 11.8. The second-order valence-electron chi connectivity index (χ2n) is 5.09. The topological polar surface area (TPSA) is 46.6 Å². The molecule has 0 N–H and O–H groups in total. The van der Waals surface area contributed by atoms with Crippen LogP contribution >= 0.6 is 0 Å². The minimum atomic E-state index is -0.549. The lowest BCUT2D eigenvalue weighted by Crippen LogP contribution is -2.35. The van der Waals surface area contributed by atoms with Crippen molar-refractivity contribution >= 4 is 11.7 Å². The standard InChI is InChI=1S/C15H19NO3/c1-10(15(18)16(2)3)19-12-8-7-11-5-4-6-14(17)13(11)9-12/h7-10H,4-6H2,1-3H3. The second-order valence-corrected chi connectivity index (χ2v) is 5.09. The molecule has 0 saturated heterocycles. The number of carbonyl (C=O) groups is 2. The Hall–Kier alpha value is -1.84. The lowest BCUT2D eigenvalue weighted by molar-refractivity contribution is -0.135. The summed E-state index contributed by atoms with van der Waals surface area (Å²) in [6.07, 6.45) is 1.91. The van der Waals surface area contributed by atoms with Gasteiger partial charge < -0.3 is 9.64 Å². The number of aryl methyl sites for hydroxylation is 1. The SMILES string of the molecule is CC(Oc1ccc2c(c1)C(=O)CCC2)C(=O)N(C)C. The zero-order valence-electron chi connectivity index (χ0n) is 11.6. The third-order valence-electron chi connectivity index (χ3n) is 3.33. The van der Waals surface area contributed by atoms with Crippen molar-refractivity contribution in [3.8, 4) is 5.75 Å². The summed E-state index contributed by atoms with van der Waals surface area (Å²) in [6.45, 7) is 1.71. The van der Waals surface area contributed by atoms with E-state index in [0.717, 1.165) is 24.0 Å². The number of benzene rings is 1. The van der Waals surface area contributed by atoms with Crippen LogP contribution in [0.2, 0.25) is 0 Å². The summed E-state index contributed by atoms with van der Waals surface area (Å²) in [6, 6.07) is 5.52. The second kappa shape index (κ2) is 5.43. The largest absolute Gasteiger partial charge is 0.481 e. The molecule has 0 radical (unpaired) electrons. The van der Waals surface area contributed by atoms with Crippen molar-refractivity contribution in [3.05, 3.63) is 29.3 Å². The number of nitrogens with zero attached hydrogens (tertiary/aromatic N) is 1. The van der Waals surface area contributed by atoms with Crippen molar-refractivity contribution < 1.29 is 14.3 Å². The van der Waals surface area contributed by atoms with Crippen molar-refractivity contribution in [2.75, 3.05) is 14.1 Å². The fourth-order valence-corrected chi connectivity index (χ4v) is 2.30. The zero-order chi connectivity index (χ0) is 14.0. The van der Waals surface area contributed by atoms with Gasteiger partial charge in [-0.05, 0) is 37.5 Å². The molecule has 0 aromatic heterocycles. The van der Waals surface area contributed by atoms with Crippen molar-refractivity contribution in [3.63, 3.8) is 0 Å². The van der Waals surface area contributed by atoms with Gasteiger partial charge in [-0.15, -0.1) is 0 Å². The van der Waals surface area contributed by atoms with Crippen LogP contribution in [0.15, 0.2) is 18.2 Å². The first-order valence-corrected chi connectivity index (χ1v) is 6.53. The highest BCUT2D eigenvalue weighted by atomic mass is 16.5. The summed E-state index contributed by atoms with van der Waals surface area (Å²) < 4.78 is 5.61.